The van der Waals surface area contributed by atoms with E-state index >= 15 is 0 Å². The molecule has 0 spiro atoms. The number of rotatable bonds is 6. The van der Waals surface area contributed by atoms with Gasteiger partial charge in [0.1, 0.15) is 0 Å². The fourth-order valence-corrected chi connectivity index (χ4v) is 1.91. The van der Waals surface area contributed by atoms with Gasteiger partial charge in [0.25, 0.3) is 0 Å². The number of nitrogens with two attached hydrogens (primary N) is 1. The molecule has 3 N–H and O–H groups in total. The number of unbranched alkanes of at least 4 members (excludes halogenated alkanes) is 2. The fraction of sp³-hybridized carbons (Fsp3) is 0.571. The van der Waals surface area contributed by atoms with Crippen LogP contribution in [0.15, 0.2) is 18.2 Å². The van der Waals surface area contributed by atoms with E-state index in [0.29, 0.717) is 5.69 Å². The van der Waals surface area contributed by atoms with Crippen LogP contribution in [0.4, 0.5) is 24.5 Å². The molecule has 2 nitrogen and oxygen atoms in total. The van der Waals surface area contributed by atoms with Crippen LogP contribution < -0.4 is 11.1 Å². The van der Waals surface area contributed by atoms with E-state index in [0.717, 1.165) is 37.8 Å². The summed E-state index contributed by atoms with van der Waals surface area (Å²) in [6.45, 7) is 4.14. The van der Waals surface area contributed by atoms with E-state index in [9.17, 15) is 13.2 Å². The molecule has 0 saturated carbocycles. The van der Waals surface area contributed by atoms with Crippen LogP contribution in [0.2, 0.25) is 0 Å². The predicted molar refractivity (Wildman–Crippen MR) is 73.1 cm³/mol. The van der Waals surface area contributed by atoms with Crippen LogP contribution in [0.3, 0.4) is 0 Å². The minimum absolute atomic E-state index is 0.136. The van der Waals surface area contributed by atoms with Crippen molar-refractivity contribution >= 4 is 11.4 Å². The van der Waals surface area contributed by atoms with Crippen molar-refractivity contribution < 1.29 is 13.2 Å². The molecule has 0 saturated heterocycles. The van der Waals surface area contributed by atoms with Crippen molar-refractivity contribution in [2.75, 3.05) is 11.1 Å². The van der Waals surface area contributed by atoms with Gasteiger partial charge in [0.05, 0.1) is 16.9 Å². The lowest BCUT2D eigenvalue weighted by Gasteiger charge is -2.17. The molecule has 1 unspecified atom stereocenters. The van der Waals surface area contributed by atoms with Crippen LogP contribution in [-0.4, -0.2) is 6.04 Å². The molecule has 0 heterocycles. The van der Waals surface area contributed by atoms with E-state index in [1.165, 1.54) is 6.07 Å². The van der Waals surface area contributed by atoms with Gasteiger partial charge < -0.3 is 11.1 Å². The second-order valence-corrected chi connectivity index (χ2v) is 4.84. The van der Waals surface area contributed by atoms with Gasteiger partial charge in [-0.3, -0.25) is 0 Å². The van der Waals surface area contributed by atoms with Crippen LogP contribution in [0.5, 0.6) is 0 Å². The molecule has 0 radical (unpaired) electrons. The van der Waals surface area contributed by atoms with Crippen LogP contribution in [0.25, 0.3) is 0 Å². The Hall–Kier alpha value is -1.39. The summed E-state index contributed by atoms with van der Waals surface area (Å²) < 4.78 is 37.5. The molecule has 1 aromatic carbocycles. The van der Waals surface area contributed by atoms with E-state index < -0.39 is 11.7 Å². The summed E-state index contributed by atoms with van der Waals surface area (Å²) in [6, 6.07) is 3.62. The molecule has 1 aromatic rings. The monoisotopic (exact) mass is 274 g/mol. The quantitative estimate of drug-likeness (QED) is 0.584. The predicted octanol–water partition coefficient (Wildman–Crippen LogP) is 4.67. The molecule has 0 aliphatic heterocycles. The zero-order valence-electron chi connectivity index (χ0n) is 11.3. The lowest BCUT2D eigenvalue weighted by atomic mass is 10.1. The number of alkyl halides is 3. The average Bonchev–Trinajstić information content (AvgIpc) is 2.31. The molecule has 0 fully saturated rings. The summed E-state index contributed by atoms with van der Waals surface area (Å²) in [5, 5.41) is 3.16. The first-order valence-electron chi connectivity index (χ1n) is 6.58. The summed E-state index contributed by atoms with van der Waals surface area (Å²) in [5.74, 6) is 0. The highest BCUT2D eigenvalue weighted by Gasteiger charge is 2.30. The van der Waals surface area contributed by atoms with Gasteiger partial charge in [-0.1, -0.05) is 26.2 Å². The number of nitrogens with one attached hydrogen (secondary N) is 1. The van der Waals surface area contributed by atoms with E-state index in [4.69, 9.17) is 5.73 Å². The molecule has 5 heteroatoms. The summed E-state index contributed by atoms with van der Waals surface area (Å²) in [6.07, 6.45) is 0.0442. The Morgan fingerprint density at radius 2 is 1.95 bits per heavy atom. The Morgan fingerprint density at radius 3 is 2.47 bits per heavy atom. The number of benzene rings is 1. The third-order valence-corrected chi connectivity index (χ3v) is 3.02. The first kappa shape index (κ1) is 15.7. The average molecular weight is 274 g/mol. The van der Waals surface area contributed by atoms with Crippen molar-refractivity contribution in [3.63, 3.8) is 0 Å². The van der Waals surface area contributed by atoms with Gasteiger partial charge in [0, 0.05) is 6.04 Å². The molecule has 0 amide bonds. The summed E-state index contributed by atoms with van der Waals surface area (Å²) in [5.41, 5.74) is 5.65. The third kappa shape index (κ3) is 5.01. The van der Waals surface area contributed by atoms with Crippen LogP contribution in [0.1, 0.15) is 45.1 Å². The maximum atomic E-state index is 12.5. The third-order valence-electron chi connectivity index (χ3n) is 3.02. The number of hydrogen-bond acceptors (Lipinski definition) is 2. The van der Waals surface area contributed by atoms with E-state index in [2.05, 4.69) is 12.2 Å². The van der Waals surface area contributed by atoms with Crippen molar-refractivity contribution in [1.82, 2.24) is 0 Å². The summed E-state index contributed by atoms with van der Waals surface area (Å²) in [4.78, 5) is 0. The van der Waals surface area contributed by atoms with Gasteiger partial charge in [-0.2, -0.15) is 13.2 Å². The van der Waals surface area contributed by atoms with Crippen molar-refractivity contribution in [2.45, 2.75) is 51.7 Å². The van der Waals surface area contributed by atoms with Gasteiger partial charge in [-0.15, -0.1) is 0 Å². The molecule has 0 aliphatic carbocycles. The Morgan fingerprint density at radius 1 is 1.26 bits per heavy atom. The first-order chi connectivity index (χ1) is 8.84. The molecule has 1 rings (SSSR count). The highest BCUT2D eigenvalue weighted by atomic mass is 19.4. The largest absolute Gasteiger partial charge is 0.416 e. The maximum Gasteiger partial charge on any atom is 0.416 e. The second kappa shape index (κ2) is 6.68. The highest BCUT2D eigenvalue weighted by molar-refractivity contribution is 5.67. The zero-order valence-corrected chi connectivity index (χ0v) is 11.3. The smallest absolute Gasteiger partial charge is 0.397 e. The van der Waals surface area contributed by atoms with Crippen molar-refractivity contribution in [2.24, 2.45) is 0 Å². The van der Waals surface area contributed by atoms with E-state index in [1.54, 1.807) is 0 Å². The van der Waals surface area contributed by atoms with E-state index in [1.807, 2.05) is 6.92 Å². The van der Waals surface area contributed by atoms with Gasteiger partial charge in [-0.25, -0.2) is 0 Å². The molecule has 0 aliphatic rings. The Balaban J connectivity index is 2.65. The van der Waals surface area contributed by atoms with Crippen LogP contribution in [0, 0.1) is 0 Å². The minimum atomic E-state index is -4.35. The lowest BCUT2D eigenvalue weighted by Crippen LogP contribution is -2.16. The minimum Gasteiger partial charge on any atom is -0.397 e. The normalized spacial score (nSPS) is 13.3. The number of anilines is 2. The SMILES string of the molecule is CCCCCC(C)Nc1ccc(C(F)(F)F)cc1N. The van der Waals surface area contributed by atoms with E-state index in [-0.39, 0.29) is 11.7 Å². The standard InChI is InChI=1S/C14H21F3N2/c1-3-4-5-6-10(2)19-13-8-7-11(9-12(13)18)14(15,16)17/h7-10,19H,3-6,18H2,1-2H3. The van der Waals surface area contributed by atoms with Gasteiger partial charge >= 0.3 is 6.18 Å². The number of hydrogen-bond donors (Lipinski definition) is 2. The Kier molecular flexibility index (Phi) is 5.51. The first-order valence-corrected chi connectivity index (χ1v) is 6.58. The molecular formula is C14H21F3N2. The Bertz CT molecular complexity index is 402. The molecule has 19 heavy (non-hydrogen) atoms. The molecule has 1 atom stereocenters. The number of nitrogen functional groups attached to an aromatic ring is 1. The van der Waals surface area contributed by atoms with Gasteiger partial charge in [0.2, 0.25) is 0 Å². The van der Waals surface area contributed by atoms with Crippen LogP contribution >= 0.6 is 0 Å². The lowest BCUT2D eigenvalue weighted by molar-refractivity contribution is -0.137. The summed E-state index contributed by atoms with van der Waals surface area (Å²) in [7, 11) is 0. The second-order valence-electron chi connectivity index (χ2n) is 4.84. The zero-order chi connectivity index (χ0) is 14.5. The van der Waals surface area contributed by atoms with Gasteiger partial charge in [-0.05, 0) is 31.5 Å². The van der Waals surface area contributed by atoms with Crippen molar-refractivity contribution in [1.29, 1.82) is 0 Å². The Labute approximate surface area is 112 Å². The summed E-state index contributed by atoms with van der Waals surface area (Å²) >= 11 is 0. The van der Waals surface area contributed by atoms with Crippen molar-refractivity contribution in [3.05, 3.63) is 23.8 Å². The molecular weight excluding hydrogens is 253 g/mol. The maximum absolute atomic E-state index is 12.5. The molecule has 0 aromatic heterocycles. The van der Waals surface area contributed by atoms with Gasteiger partial charge in [0.15, 0.2) is 0 Å². The molecule has 108 valence electrons. The van der Waals surface area contributed by atoms with Crippen molar-refractivity contribution in [3.8, 4) is 0 Å². The number of halogens is 3. The fourth-order valence-electron chi connectivity index (χ4n) is 1.91. The topological polar surface area (TPSA) is 38.0 Å². The molecule has 0 bridgehead atoms. The highest BCUT2D eigenvalue weighted by Crippen LogP contribution is 2.33. The van der Waals surface area contributed by atoms with Crippen LogP contribution in [-0.2, 0) is 6.18 Å².